The molecule has 0 aliphatic carbocycles. The molecule has 2 aromatic carbocycles. The fourth-order valence-corrected chi connectivity index (χ4v) is 2.81. The molecule has 0 bridgehead atoms. The predicted octanol–water partition coefficient (Wildman–Crippen LogP) is 3.45. The largest absolute Gasteiger partial charge is 0.484 e. The van der Waals surface area contributed by atoms with Crippen molar-refractivity contribution in [2.45, 2.75) is 26.7 Å². The first kappa shape index (κ1) is 17.0. The first-order valence-electron chi connectivity index (χ1n) is 8.43. The molecule has 0 aromatic heterocycles. The summed E-state index contributed by atoms with van der Waals surface area (Å²) in [4.78, 5) is 25.5. The quantitative estimate of drug-likeness (QED) is 0.908. The maximum atomic E-state index is 12.0. The van der Waals surface area contributed by atoms with Crippen molar-refractivity contribution < 1.29 is 14.3 Å². The molecule has 5 nitrogen and oxygen atoms in total. The summed E-state index contributed by atoms with van der Waals surface area (Å²) >= 11 is 0. The number of carbonyl (C=O) groups is 2. The number of nitrogens with zero attached hydrogens (tertiary/aromatic N) is 1. The van der Waals surface area contributed by atoms with Crippen LogP contribution in [0.1, 0.15) is 24.0 Å². The minimum atomic E-state index is -0.206. The van der Waals surface area contributed by atoms with E-state index in [2.05, 4.69) is 5.32 Å². The average Bonchev–Trinajstić information content (AvgIpc) is 3.03. The summed E-state index contributed by atoms with van der Waals surface area (Å²) < 4.78 is 5.52. The molecule has 5 heteroatoms. The lowest BCUT2D eigenvalue weighted by Gasteiger charge is -2.16. The molecule has 1 N–H and O–H groups in total. The summed E-state index contributed by atoms with van der Waals surface area (Å²) in [6.45, 7) is 4.74. The summed E-state index contributed by atoms with van der Waals surface area (Å²) in [6.07, 6.45) is 1.51. The van der Waals surface area contributed by atoms with Gasteiger partial charge in [0.05, 0.1) is 0 Å². The van der Waals surface area contributed by atoms with Gasteiger partial charge < -0.3 is 15.0 Å². The number of ether oxygens (including phenoxy) is 1. The van der Waals surface area contributed by atoms with Crippen molar-refractivity contribution in [3.63, 3.8) is 0 Å². The Bertz CT molecular complexity index is 784. The van der Waals surface area contributed by atoms with Gasteiger partial charge in [-0.05, 0) is 67.8 Å². The van der Waals surface area contributed by atoms with Gasteiger partial charge in [0.25, 0.3) is 5.91 Å². The van der Waals surface area contributed by atoms with Gasteiger partial charge in [-0.3, -0.25) is 9.59 Å². The number of hydrogen-bond acceptors (Lipinski definition) is 3. The lowest BCUT2D eigenvalue weighted by molar-refractivity contribution is -0.118. The Balaban J connectivity index is 1.53. The molecule has 1 saturated heterocycles. The zero-order chi connectivity index (χ0) is 17.8. The van der Waals surface area contributed by atoms with E-state index in [0.717, 1.165) is 29.9 Å². The highest BCUT2D eigenvalue weighted by Gasteiger charge is 2.21. The lowest BCUT2D eigenvalue weighted by atomic mass is 10.1. The summed E-state index contributed by atoms with van der Waals surface area (Å²) in [5, 5.41) is 2.83. The number of aryl methyl sites for hydroxylation is 2. The Morgan fingerprint density at radius 1 is 1.12 bits per heavy atom. The second-order valence-corrected chi connectivity index (χ2v) is 6.28. The molecule has 2 aromatic rings. The third kappa shape index (κ3) is 4.18. The molecule has 0 atom stereocenters. The highest BCUT2D eigenvalue weighted by Crippen LogP contribution is 2.24. The third-order valence-corrected chi connectivity index (χ3v) is 4.38. The molecule has 3 rings (SSSR count). The summed E-state index contributed by atoms with van der Waals surface area (Å²) in [5.41, 5.74) is 3.95. The molecule has 1 heterocycles. The van der Waals surface area contributed by atoms with E-state index in [-0.39, 0.29) is 18.4 Å². The van der Waals surface area contributed by atoms with Gasteiger partial charge in [0.15, 0.2) is 6.61 Å². The molecular weight excluding hydrogens is 316 g/mol. The van der Waals surface area contributed by atoms with E-state index < -0.39 is 0 Å². The summed E-state index contributed by atoms with van der Waals surface area (Å²) in [6, 6.07) is 13.1. The van der Waals surface area contributed by atoms with Crippen LogP contribution < -0.4 is 15.0 Å². The van der Waals surface area contributed by atoms with Gasteiger partial charge in [-0.25, -0.2) is 0 Å². The fraction of sp³-hybridized carbons (Fsp3) is 0.300. The monoisotopic (exact) mass is 338 g/mol. The Morgan fingerprint density at radius 2 is 1.88 bits per heavy atom. The second-order valence-electron chi connectivity index (χ2n) is 6.28. The lowest BCUT2D eigenvalue weighted by Crippen LogP contribution is -2.23. The average molecular weight is 338 g/mol. The smallest absolute Gasteiger partial charge is 0.262 e. The van der Waals surface area contributed by atoms with Gasteiger partial charge >= 0.3 is 0 Å². The Morgan fingerprint density at radius 3 is 2.52 bits per heavy atom. The molecule has 2 amide bonds. The number of carbonyl (C=O) groups excluding carboxylic acids is 2. The SMILES string of the molecule is Cc1ccc(NC(=O)COc2ccc(N3CCCC3=O)cc2)cc1C. The molecule has 0 unspecified atom stereocenters. The molecule has 25 heavy (non-hydrogen) atoms. The molecule has 0 spiro atoms. The second kappa shape index (κ2) is 7.38. The summed E-state index contributed by atoms with van der Waals surface area (Å²) in [7, 11) is 0. The zero-order valence-electron chi connectivity index (χ0n) is 14.5. The predicted molar refractivity (Wildman–Crippen MR) is 98.1 cm³/mol. The first-order valence-corrected chi connectivity index (χ1v) is 8.43. The Labute approximate surface area is 147 Å². The van der Waals surface area contributed by atoms with Crippen molar-refractivity contribution in [3.05, 3.63) is 53.6 Å². The molecule has 130 valence electrons. The first-order chi connectivity index (χ1) is 12.0. The van der Waals surface area contributed by atoms with Crippen LogP contribution in [0.4, 0.5) is 11.4 Å². The van der Waals surface area contributed by atoms with Crippen LogP contribution in [0.25, 0.3) is 0 Å². The van der Waals surface area contributed by atoms with Gasteiger partial charge in [0.2, 0.25) is 5.91 Å². The summed E-state index contributed by atoms with van der Waals surface area (Å²) in [5.74, 6) is 0.550. The van der Waals surface area contributed by atoms with Gasteiger partial charge in [-0.1, -0.05) is 6.07 Å². The van der Waals surface area contributed by atoms with E-state index >= 15 is 0 Å². The van der Waals surface area contributed by atoms with Crippen LogP contribution in [0.3, 0.4) is 0 Å². The molecule has 0 radical (unpaired) electrons. The number of hydrogen-bond donors (Lipinski definition) is 1. The number of anilines is 2. The highest BCUT2D eigenvalue weighted by atomic mass is 16.5. The number of amides is 2. The van der Waals surface area contributed by atoms with Crippen LogP contribution >= 0.6 is 0 Å². The topological polar surface area (TPSA) is 58.6 Å². The molecular formula is C20H22N2O3. The van der Waals surface area contributed by atoms with E-state index in [9.17, 15) is 9.59 Å². The third-order valence-electron chi connectivity index (χ3n) is 4.38. The van der Waals surface area contributed by atoms with Gasteiger partial charge in [-0.15, -0.1) is 0 Å². The van der Waals surface area contributed by atoms with Crippen LogP contribution in [0.5, 0.6) is 5.75 Å². The van der Waals surface area contributed by atoms with Crippen molar-refractivity contribution in [1.29, 1.82) is 0 Å². The van der Waals surface area contributed by atoms with E-state index in [4.69, 9.17) is 4.74 Å². The van der Waals surface area contributed by atoms with Gasteiger partial charge in [0, 0.05) is 24.3 Å². The van der Waals surface area contributed by atoms with Crippen molar-refractivity contribution in [2.24, 2.45) is 0 Å². The van der Waals surface area contributed by atoms with Crippen LogP contribution in [-0.4, -0.2) is 25.0 Å². The maximum absolute atomic E-state index is 12.0. The van der Waals surface area contributed by atoms with Gasteiger partial charge in [0.1, 0.15) is 5.75 Å². The van der Waals surface area contributed by atoms with Crippen LogP contribution in [0, 0.1) is 13.8 Å². The molecule has 0 saturated carbocycles. The minimum absolute atomic E-state index is 0.0606. The number of rotatable bonds is 5. The van der Waals surface area contributed by atoms with E-state index in [1.807, 2.05) is 44.2 Å². The van der Waals surface area contributed by atoms with Crippen LogP contribution in [0.2, 0.25) is 0 Å². The van der Waals surface area contributed by atoms with Crippen molar-refractivity contribution >= 4 is 23.2 Å². The maximum Gasteiger partial charge on any atom is 0.262 e. The molecule has 1 fully saturated rings. The van der Waals surface area contributed by atoms with Gasteiger partial charge in [-0.2, -0.15) is 0 Å². The number of nitrogens with one attached hydrogen (secondary N) is 1. The van der Waals surface area contributed by atoms with Crippen molar-refractivity contribution in [1.82, 2.24) is 0 Å². The molecule has 1 aliphatic rings. The van der Waals surface area contributed by atoms with Crippen LogP contribution in [0.15, 0.2) is 42.5 Å². The Kier molecular flexibility index (Phi) is 5.03. The highest BCUT2D eigenvalue weighted by molar-refractivity contribution is 5.95. The van der Waals surface area contributed by atoms with E-state index in [0.29, 0.717) is 12.2 Å². The zero-order valence-corrected chi connectivity index (χ0v) is 14.5. The standard InChI is InChI=1S/C20H22N2O3/c1-14-5-6-16(12-15(14)2)21-19(23)13-25-18-9-7-17(8-10-18)22-11-3-4-20(22)24/h5-10,12H,3-4,11,13H2,1-2H3,(H,21,23). The fourth-order valence-electron chi connectivity index (χ4n) is 2.81. The molecule has 1 aliphatic heterocycles. The van der Waals surface area contributed by atoms with E-state index in [1.165, 1.54) is 5.56 Å². The van der Waals surface area contributed by atoms with Crippen molar-refractivity contribution in [2.75, 3.05) is 23.4 Å². The van der Waals surface area contributed by atoms with Crippen molar-refractivity contribution in [3.8, 4) is 5.75 Å². The Hall–Kier alpha value is -2.82. The van der Waals surface area contributed by atoms with E-state index in [1.54, 1.807) is 17.0 Å². The number of benzene rings is 2. The normalized spacial score (nSPS) is 13.8. The minimum Gasteiger partial charge on any atom is -0.484 e. The van der Waals surface area contributed by atoms with Crippen LogP contribution in [-0.2, 0) is 9.59 Å².